The molecular weight excluding hydrogens is 354 g/mol. The van der Waals surface area contributed by atoms with E-state index in [2.05, 4.69) is 16.0 Å². The van der Waals surface area contributed by atoms with Crippen molar-refractivity contribution >= 4 is 45.3 Å². The van der Waals surface area contributed by atoms with E-state index in [0.717, 1.165) is 26.9 Å². The normalized spacial score (nSPS) is 11.1. The van der Waals surface area contributed by atoms with Crippen LogP contribution in [-0.4, -0.2) is 16.2 Å². The minimum atomic E-state index is -0.402. The van der Waals surface area contributed by atoms with Crippen molar-refractivity contribution in [2.45, 2.75) is 4.90 Å². The van der Waals surface area contributed by atoms with Crippen molar-refractivity contribution in [2.24, 2.45) is 0 Å². The number of fused-ring (bicyclic) bond motifs is 3. The minimum absolute atomic E-state index is 0.100. The summed E-state index contributed by atoms with van der Waals surface area (Å²) < 4.78 is 0. The van der Waals surface area contributed by atoms with Crippen LogP contribution in [0, 0.1) is 11.3 Å². The maximum absolute atomic E-state index is 12.5. The Labute approximate surface area is 152 Å². The van der Waals surface area contributed by atoms with Gasteiger partial charge in [-0.05, 0) is 42.2 Å². The fraction of sp³-hybridized carbons (Fsp3) is 0.0526. The van der Waals surface area contributed by atoms with Crippen molar-refractivity contribution < 1.29 is 0 Å². The van der Waals surface area contributed by atoms with E-state index < -0.39 is 5.56 Å². The molecule has 0 atom stereocenters. The number of rotatable bonds is 2. The van der Waals surface area contributed by atoms with Gasteiger partial charge in [0.05, 0.1) is 11.0 Å². The van der Waals surface area contributed by atoms with Crippen LogP contribution in [0.25, 0.3) is 33.1 Å². The number of benzene rings is 2. The molecule has 0 bridgehead atoms. The smallest absolute Gasteiger partial charge is 0.267 e. The first kappa shape index (κ1) is 15.8. The molecule has 0 aliphatic carbocycles. The molecular formula is C19H12ClN3OS. The molecule has 0 aliphatic rings. The van der Waals surface area contributed by atoms with Crippen molar-refractivity contribution in [3.8, 4) is 17.2 Å². The van der Waals surface area contributed by atoms with Gasteiger partial charge < -0.3 is 9.97 Å². The number of hydrogen-bond acceptors (Lipinski definition) is 3. The second-order valence-corrected chi connectivity index (χ2v) is 6.93. The number of nitrogens with zero attached hydrogens (tertiary/aromatic N) is 1. The number of hydrogen-bond donors (Lipinski definition) is 2. The van der Waals surface area contributed by atoms with Crippen LogP contribution in [0.3, 0.4) is 0 Å². The fourth-order valence-corrected chi connectivity index (χ4v) is 3.70. The SMILES string of the molecule is CSc1cccc(-c2c(C#N)c(=O)[nH]c3c2[nH]c2ccc(Cl)cc23)c1. The summed E-state index contributed by atoms with van der Waals surface area (Å²) in [6, 6.07) is 15.3. The molecule has 0 aliphatic heterocycles. The topological polar surface area (TPSA) is 72.4 Å². The highest BCUT2D eigenvalue weighted by Crippen LogP contribution is 2.35. The fourth-order valence-electron chi connectivity index (χ4n) is 3.07. The second-order valence-electron chi connectivity index (χ2n) is 5.61. The number of aromatic nitrogens is 2. The molecule has 122 valence electrons. The highest BCUT2D eigenvalue weighted by molar-refractivity contribution is 7.98. The van der Waals surface area contributed by atoms with Gasteiger partial charge in [0.15, 0.2) is 0 Å². The minimum Gasteiger partial charge on any atom is -0.353 e. The van der Waals surface area contributed by atoms with E-state index >= 15 is 0 Å². The first-order valence-corrected chi connectivity index (χ1v) is 9.14. The van der Waals surface area contributed by atoms with Crippen LogP contribution in [0.5, 0.6) is 0 Å². The Bertz CT molecular complexity index is 1230. The zero-order valence-electron chi connectivity index (χ0n) is 13.2. The Morgan fingerprint density at radius 2 is 1.96 bits per heavy atom. The van der Waals surface area contributed by atoms with Crippen molar-refractivity contribution in [3.63, 3.8) is 0 Å². The molecule has 2 N–H and O–H groups in total. The number of aromatic amines is 2. The van der Waals surface area contributed by atoms with Crippen LogP contribution in [0.2, 0.25) is 5.02 Å². The van der Waals surface area contributed by atoms with E-state index in [9.17, 15) is 10.1 Å². The summed E-state index contributed by atoms with van der Waals surface area (Å²) in [6.45, 7) is 0. The lowest BCUT2D eigenvalue weighted by molar-refractivity contribution is 1.27. The zero-order valence-corrected chi connectivity index (χ0v) is 14.8. The third-order valence-electron chi connectivity index (χ3n) is 4.20. The van der Waals surface area contributed by atoms with Gasteiger partial charge in [0, 0.05) is 26.4 Å². The molecule has 2 aromatic heterocycles. The number of halogens is 1. The summed E-state index contributed by atoms with van der Waals surface area (Å²) in [5.41, 5.74) is 3.38. The number of thioether (sulfide) groups is 1. The highest BCUT2D eigenvalue weighted by atomic mass is 35.5. The van der Waals surface area contributed by atoms with E-state index in [0.29, 0.717) is 16.1 Å². The largest absolute Gasteiger partial charge is 0.353 e. The molecule has 2 aromatic carbocycles. The maximum Gasteiger partial charge on any atom is 0.267 e. The van der Waals surface area contributed by atoms with Crippen molar-refractivity contribution in [1.29, 1.82) is 5.26 Å². The Morgan fingerprint density at radius 3 is 2.72 bits per heavy atom. The van der Waals surface area contributed by atoms with Gasteiger partial charge in [0.25, 0.3) is 5.56 Å². The molecule has 0 unspecified atom stereocenters. The van der Waals surface area contributed by atoms with Crippen LogP contribution in [0.4, 0.5) is 0 Å². The maximum atomic E-state index is 12.5. The third kappa shape index (κ3) is 2.51. The van der Waals surface area contributed by atoms with Crippen molar-refractivity contribution in [1.82, 2.24) is 9.97 Å². The molecule has 25 heavy (non-hydrogen) atoms. The second kappa shape index (κ2) is 5.99. The van der Waals surface area contributed by atoms with Gasteiger partial charge in [0.2, 0.25) is 0 Å². The molecule has 4 nitrogen and oxygen atoms in total. The van der Waals surface area contributed by atoms with Gasteiger partial charge in [-0.1, -0.05) is 23.7 Å². The van der Waals surface area contributed by atoms with E-state index in [4.69, 9.17) is 11.6 Å². The molecule has 0 spiro atoms. The van der Waals surface area contributed by atoms with E-state index in [-0.39, 0.29) is 5.56 Å². The van der Waals surface area contributed by atoms with Crippen LogP contribution >= 0.6 is 23.4 Å². The lowest BCUT2D eigenvalue weighted by atomic mass is 10.00. The lowest BCUT2D eigenvalue weighted by Crippen LogP contribution is -2.11. The summed E-state index contributed by atoms with van der Waals surface area (Å²) >= 11 is 7.72. The Kier molecular flexibility index (Phi) is 3.79. The number of nitriles is 1. The van der Waals surface area contributed by atoms with Crippen LogP contribution < -0.4 is 5.56 Å². The van der Waals surface area contributed by atoms with E-state index in [1.54, 1.807) is 23.9 Å². The Hall–Kier alpha value is -2.68. The van der Waals surface area contributed by atoms with Crippen LogP contribution in [0.1, 0.15) is 5.56 Å². The quantitative estimate of drug-likeness (QED) is 0.495. The lowest BCUT2D eigenvalue weighted by Gasteiger charge is -2.07. The predicted octanol–water partition coefficient (Wildman–Crippen LogP) is 4.92. The number of pyridine rings is 1. The Morgan fingerprint density at radius 1 is 1.12 bits per heavy atom. The van der Waals surface area contributed by atoms with Gasteiger partial charge in [-0.25, -0.2) is 0 Å². The molecule has 4 rings (SSSR count). The Balaban J connectivity index is 2.19. The van der Waals surface area contributed by atoms with Crippen molar-refractivity contribution in [3.05, 3.63) is 63.4 Å². The van der Waals surface area contributed by atoms with Crippen LogP contribution in [-0.2, 0) is 0 Å². The van der Waals surface area contributed by atoms with Crippen molar-refractivity contribution in [2.75, 3.05) is 6.26 Å². The van der Waals surface area contributed by atoms with Gasteiger partial charge >= 0.3 is 0 Å². The summed E-state index contributed by atoms with van der Waals surface area (Å²) in [4.78, 5) is 19.7. The number of nitrogens with one attached hydrogen (secondary N) is 2. The number of H-pyrrole nitrogens is 2. The first-order valence-electron chi connectivity index (χ1n) is 7.54. The van der Waals surface area contributed by atoms with Crippen LogP contribution in [0.15, 0.2) is 52.2 Å². The van der Waals surface area contributed by atoms with Gasteiger partial charge in [-0.15, -0.1) is 11.8 Å². The van der Waals surface area contributed by atoms with E-state index in [1.165, 1.54) is 0 Å². The molecule has 2 heterocycles. The van der Waals surface area contributed by atoms with E-state index in [1.807, 2.05) is 36.6 Å². The summed E-state index contributed by atoms with van der Waals surface area (Å²) in [7, 11) is 0. The average Bonchev–Trinajstić information content (AvgIpc) is 2.98. The molecule has 4 aromatic rings. The molecule has 0 fully saturated rings. The molecule has 0 radical (unpaired) electrons. The predicted molar refractivity (Wildman–Crippen MR) is 103 cm³/mol. The highest BCUT2D eigenvalue weighted by Gasteiger charge is 2.18. The average molecular weight is 366 g/mol. The summed E-state index contributed by atoms with van der Waals surface area (Å²) in [6.07, 6.45) is 1.99. The van der Waals surface area contributed by atoms with Gasteiger partial charge in [-0.2, -0.15) is 5.26 Å². The molecule has 0 saturated carbocycles. The molecule has 0 saturated heterocycles. The van der Waals surface area contributed by atoms with Gasteiger partial charge in [0.1, 0.15) is 11.6 Å². The summed E-state index contributed by atoms with van der Waals surface area (Å²) in [5.74, 6) is 0. The third-order valence-corrected chi connectivity index (χ3v) is 5.16. The summed E-state index contributed by atoms with van der Waals surface area (Å²) in [5, 5.41) is 11.0. The van der Waals surface area contributed by atoms with Gasteiger partial charge in [-0.3, -0.25) is 4.79 Å². The zero-order chi connectivity index (χ0) is 17.6. The molecule has 0 amide bonds. The monoisotopic (exact) mass is 365 g/mol. The molecule has 6 heteroatoms. The first-order chi connectivity index (χ1) is 12.1. The standard InChI is InChI=1S/C19H12ClN3OS/c1-25-12-4-2-3-10(7-12)16-14(9-21)19(24)23-17-13-8-11(20)5-6-15(13)22-18(16)17/h2-8,22H,1H3,(H,23,24).